The minimum Gasteiger partial charge on any atom is -0.383 e. The van der Waals surface area contributed by atoms with Gasteiger partial charge in [-0.15, -0.1) is 11.3 Å². The molecular weight excluding hydrogens is 348 g/mol. The number of hydrogen-bond donors (Lipinski definition) is 1. The van der Waals surface area contributed by atoms with Crippen molar-refractivity contribution in [3.05, 3.63) is 9.88 Å². The number of amides is 1. The fourth-order valence-corrected chi connectivity index (χ4v) is 4.91. The highest BCUT2D eigenvalue weighted by molar-refractivity contribution is 7.14. The van der Waals surface area contributed by atoms with Gasteiger partial charge in [-0.05, 0) is 51.6 Å². The second-order valence-corrected chi connectivity index (χ2v) is 8.61. The minimum absolute atomic E-state index is 0.108. The maximum atomic E-state index is 13.2. The van der Waals surface area contributed by atoms with Gasteiger partial charge in [0.15, 0.2) is 0 Å². The number of hydrogen-bond acceptors (Lipinski definition) is 6. The van der Waals surface area contributed by atoms with Crippen LogP contribution in [-0.2, 0) is 11.3 Å². The van der Waals surface area contributed by atoms with Crippen molar-refractivity contribution in [3.8, 4) is 0 Å². The number of nitrogens with one attached hydrogen (secondary N) is 1. The Morgan fingerprint density at radius 3 is 2.77 bits per heavy atom. The normalized spacial score (nSPS) is 22.1. The lowest BCUT2D eigenvalue weighted by molar-refractivity contribution is 0.0636. The summed E-state index contributed by atoms with van der Waals surface area (Å²) in [5.41, 5.74) is 0. The third-order valence-corrected chi connectivity index (χ3v) is 6.47. The largest absolute Gasteiger partial charge is 0.383 e. The molecule has 3 rings (SSSR count). The number of thiazole rings is 1. The molecule has 6 nitrogen and oxygen atoms in total. The van der Waals surface area contributed by atoms with Crippen LogP contribution in [0.5, 0.6) is 0 Å². The summed E-state index contributed by atoms with van der Waals surface area (Å²) >= 11 is 1.56. The molecule has 146 valence electrons. The van der Waals surface area contributed by atoms with Crippen LogP contribution >= 0.6 is 11.3 Å². The second kappa shape index (κ2) is 9.15. The van der Waals surface area contributed by atoms with E-state index in [9.17, 15) is 4.79 Å². The van der Waals surface area contributed by atoms with Crippen LogP contribution in [0.3, 0.4) is 0 Å². The van der Waals surface area contributed by atoms with Gasteiger partial charge in [0.2, 0.25) is 0 Å². The average molecular weight is 381 g/mol. The van der Waals surface area contributed by atoms with Crippen LogP contribution in [0.1, 0.15) is 54.2 Å². The molecule has 26 heavy (non-hydrogen) atoms. The monoisotopic (exact) mass is 380 g/mol. The Labute approximate surface area is 160 Å². The van der Waals surface area contributed by atoms with Crippen LogP contribution in [-0.4, -0.2) is 66.6 Å². The van der Waals surface area contributed by atoms with E-state index in [0.29, 0.717) is 6.61 Å². The third kappa shape index (κ3) is 4.56. The van der Waals surface area contributed by atoms with Crippen molar-refractivity contribution in [1.29, 1.82) is 0 Å². The molecule has 0 saturated carbocycles. The maximum absolute atomic E-state index is 13.2. The number of likely N-dealkylation sites (tertiary alicyclic amines) is 2. The Bertz CT molecular complexity index is 598. The molecule has 2 fully saturated rings. The molecule has 1 aromatic rings. The van der Waals surface area contributed by atoms with Gasteiger partial charge in [0.1, 0.15) is 15.7 Å². The SMILES string of the molecule is CCNc1nc(CN2CCC(C)CC2)sc1C(=O)N1CCC[C@H]1COC. The van der Waals surface area contributed by atoms with E-state index in [4.69, 9.17) is 9.72 Å². The molecule has 3 heterocycles. The summed E-state index contributed by atoms with van der Waals surface area (Å²) in [5, 5.41) is 4.34. The Balaban J connectivity index is 1.73. The average Bonchev–Trinajstić information content (AvgIpc) is 3.24. The molecule has 0 radical (unpaired) electrons. The number of carbonyl (C=O) groups excluding carboxylic acids is 1. The summed E-state index contributed by atoms with van der Waals surface area (Å²) < 4.78 is 5.31. The molecule has 7 heteroatoms. The van der Waals surface area contributed by atoms with E-state index in [1.807, 2.05) is 11.8 Å². The van der Waals surface area contributed by atoms with Crippen molar-refractivity contribution in [2.24, 2.45) is 5.92 Å². The fraction of sp³-hybridized carbons (Fsp3) is 0.789. The van der Waals surface area contributed by atoms with Gasteiger partial charge < -0.3 is 15.0 Å². The van der Waals surface area contributed by atoms with Crippen molar-refractivity contribution < 1.29 is 9.53 Å². The predicted molar refractivity (Wildman–Crippen MR) is 106 cm³/mol. The number of rotatable bonds is 7. The molecule has 1 aromatic heterocycles. The lowest BCUT2D eigenvalue weighted by Gasteiger charge is -2.29. The van der Waals surface area contributed by atoms with E-state index in [0.717, 1.165) is 67.2 Å². The number of carbonyl (C=O) groups is 1. The van der Waals surface area contributed by atoms with Crippen LogP contribution in [0.2, 0.25) is 0 Å². The zero-order valence-corrected chi connectivity index (χ0v) is 17.1. The summed E-state index contributed by atoms with van der Waals surface area (Å²) in [5.74, 6) is 1.69. The van der Waals surface area contributed by atoms with Gasteiger partial charge in [-0.3, -0.25) is 9.69 Å². The first-order valence-corrected chi connectivity index (χ1v) is 10.7. The molecule has 1 N–H and O–H groups in total. The van der Waals surface area contributed by atoms with Crippen LogP contribution in [0, 0.1) is 5.92 Å². The molecular formula is C19H32N4O2S. The van der Waals surface area contributed by atoms with Gasteiger partial charge >= 0.3 is 0 Å². The molecule has 1 atom stereocenters. The number of ether oxygens (including phenoxy) is 1. The van der Waals surface area contributed by atoms with Crippen molar-refractivity contribution >= 4 is 23.1 Å². The molecule has 0 spiro atoms. The molecule has 1 amide bonds. The Morgan fingerprint density at radius 1 is 1.31 bits per heavy atom. The Kier molecular flexibility index (Phi) is 6.89. The first kappa shape index (κ1) is 19.6. The first-order chi connectivity index (χ1) is 12.6. The molecule has 2 saturated heterocycles. The first-order valence-electron chi connectivity index (χ1n) is 9.88. The Morgan fingerprint density at radius 2 is 2.08 bits per heavy atom. The van der Waals surface area contributed by atoms with Crippen molar-refractivity contribution in [1.82, 2.24) is 14.8 Å². The topological polar surface area (TPSA) is 57.7 Å². The standard InChI is InChI=1S/C19H32N4O2S/c1-4-20-18-17(19(24)23-9-5-6-15(23)13-25-3)26-16(21-18)12-22-10-7-14(2)8-11-22/h14-15,20H,4-13H2,1-3H3/t15-/m0/s1. The lowest BCUT2D eigenvalue weighted by atomic mass is 9.99. The maximum Gasteiger partial charge on any atom is 0.268 e. The highest BCUT2D eigenvalue weighted by Crippen LogP contribution is 2.30. The Hall–Kier alpha value is -1.18. The van der Waals surface area contributed by atoms with Gasteiger partial charge in [0.05, 0.1) is 19.2 Å². The van der Waals surface area contributed by atoms with E-state index >= 15 is 0 Å². The van der Waals surface area contributed by atoms with Gasteiger partial charge in [0.25, 0.3) is 5.91 Å². The van der Waals surface area contributed by atoms with Gasteiger partial charge in [0, 0.05) is 20.2 Å². The van der Waals surface area contributed by atoms with E-state index in [1.165, 1.54) is 12.8 Å². The zero-order valence-electron chi connectivity index (χ0n) is 16.3. The van der Waals surface area contributed by atoms with Gasteiger partial charge in [-0.1, -0.05) is 6.92 Å². The summed E-state index contributed by atoms with van der Waals surface area (Å²) in [6.07, 6.45) is 4.58. The highest BCUT2D eigenvalue weighted by atomic mass is 32.1. The number of aromatic nitrogens is 1. The summed E-state index contributed by atoms with van der Waals surface area (Å²) in [6.45, 7) is 9.67. The third-order valence-electron chi connectivity index (χ3n) is 5.44. The molecule has 2 aliphatic rings. The summed E-state index contributed by atoms with van der Waals surface area (Å²) in [4.78, 5) is 23.1. The van der Waals surface area contributed by atoms with Crippen LogP contribution in [0.4, 0.5) is 5.82 Å². The van der Waals surface area contributed by atoms with Crippen LogP contribution < -0.4 is 5.32 Å². The zero-order chi connectivity index (χ0) is 18.5. The summed E-state index contributed by atoms with van der Waals surface area (Å²) in [7, 11) is 1.70. The molecule has 0 aliphatic carbocycles. The van der Waals surface area contributed by atoms with Crippen LogP contribution in [0.15, 0.2) is 0 Å². The molecule has 0 bridgehead atoms. The molecule has 0 aromatic carbocycles. The molecule has 2 aliphatic heterocycles. The van der Waals surface area contributed by atoms with Gasteiger partial charge in [-0.2, -0.15) is 0 Å². The van der Waals surface area contributed by atoms with Gasteiger partial charge in [-0.25, -0.2) is 4.98 Å². The highest BCUT2D eigenvalue weighted by Gasteiger charge is 2.32. The smallest absolute Gasteiger partial charge is 0.268 e. The fourth-order valence-electron chi connectivity index (χ4n) is 3.87. The number of anilines is 1. The van der Waals surface area contributed by atoms with Crippen molar-refractivity contribution in [2.75, 3.05) is 45.2 Å². The van der Waals surface area contributed by atoms with Crippen molar-refractivity contribution in [2.45, 2.75) is 52.1 Å². The van der Waals surface area contributed by atoms with E-state index in [2.05, 4.69) is 17.1 Å². The summed E-state index contributed by atoms with van der Waals surface area (Å²) in [6, 6.07) is 0.191. The number of piperidine rings is 1. The van der Waals surface area contributed by atoms with Crippen LogP contribution in [0.25, 0.3) is 0 Å². The quantitative estimate of drug-likeness (QED) is 0.788. The number of methoxy groups -OCH3 is 1. The van der Waals surface area contributed by atoms with E-state index < -0.39 is 0 Å². The predicted octanol–water partition coefficient (Wildman–Crippen LogP) is 3.06. The van der Waals surface area contributed by atoms with E-state index in [-0.39, 0.29) is 11.9 Å². The van der Waals surface area contributed by atoms with Crippen molar-refractivity contribution in [3.63, 3.8) is 0 Å². The number of nitrogens with zero attached hydrogens (tertiary/aromatic N) is 3. The lowest BCUT2D eigenvalue weighted by Crippen LogP contribution is -2.38. The van der Waals surface area contributed by atoms with E-state index in [1.54, 1.807) is 18.4 Å². The second-order valence-electron chi connectivity index (χ2n) is 7.52. The minimum atomic E-state index is 0.108. The molecule has 0 unspecified atom stereocenters.